The van der Waals surface area contributed by atoms with Crippen LogP contribution in [-0.4, -0.2) is 43.0 Å². The van der Waals surface area contributed by atoms with Crippen molar-refractivity contribution in [3.63, 3.8) is 0 Å². The van der Waals surface area contributed by atoms with Crippen molar-refractivity contribution in [3.05, 3.63) is 84.1 Å². The summed E-state index contributed by atoms with van der Waals surface area (Å²) in [4.78, 5) is 27.6. The standard InChI is InChI=1S/C26H22N2O4/c29-23(13-12-19-8-5-7-18-6-1-2-9-20(18)19)27-24-21-10-3-4-11-22(21)32-25(24)26(30)28-14-16-31-17-15-28/h1-13H,14-17H2,(H,27,29)/b13-12+. The molecule has 0 radical (unpaired) electrons. The SMILES string of the molecule is O=C(/C=C/c1cccc2ccccc12)Nc1c(C(=O)N2CCOCC2)oc2ccccc12. The molecule has 0 aliphatic carbocycles. The molecule has 0 unspecified atom stereocenters. The minimum absolute atomic E-state index is 0.139. The lowest BCUT2D eigenvalue weighted by Gasteiger charge is -2.26. The number of para-hydroxylation sites is 1. The minimum Gasteiger partial charge on any atom is -0.449 e. The van der Waals surface area contributed by atoms with Gasteiger partial charge in [0.2, 0.25) is 11.7 Å². The van der Waals surface area contributed by atoms with Crippen LogP contribution in [0.2, 0.25) is 0 Å². The van der Waals surface area contributed by atoms with Gasteiger partial charge in [-0.25, -0.2) is 0 Å². The Bertz CT molecular complexity index is 1330. The highest BCUT2D eigenvalue weighted by atomic mass is 16.5. The highest BCUT2D eigenvalue weighted by Crippen LogP contribution is 2.32. The first-order chi connectivity index (χ1) is 15.7. The Morgan fingerprint density at radius 3 is 2.44 bits per heavy atom. The van der Waals surface area contributed by atoms with Gasteiger partial charge in [0.1, 0.15) is 11.3 Å². The van der Waals surface area contributed by atoms with Gasteiger partial charge < -0.3 is 19.4 Å². The van der Waals surface area contributed by atoms with E-state index in [-0.39, 0.29) is 17.6 Å². The largest absolute Gasteiger partial charge is 0.449 e. The van der Waals surface area contributed by atoms with Crippen molar-refractivity contribution in [1.82, 2.24) is 4.90 Å². The summed E-state index contributed by atoms with van der Waals surface area (Å²) >= 11 is 0. The molecule has 6 heteroatoms. The van der Waals surface area contributed by atoms with E-state index in [1.807, 2.05) is 60.7 Å². The van der Waals surface area contributed by atoms with Gasteiger partial charge in [0.25, 0.3) is 5.91 Å². The number of fused-ring (bicyclic) bond motifs is 2. The third-order valence-corrected chi connectivity index (χ3v) is 5.57. The second-order valence-corrected chi connectivity index (χ2v) is 7.60. The van der Waals surface area contributed by atoms with Gasteiger partial charge in [-0.15, -0.1) is 0 Å². The van der Waals surface area contributed by atoms with Crippen molar-refractivity contribution >= 4 is 45.3 Å². The zero-order chi connectivity index (χ0) is 21.9. The van der Waals surface area contributed by atoms with Crippen LogP contribution in [0.4, 0.5) is 5.69 Å². The predicted octanol–water partition coefficient (Wildman–Crippen LogP) is 4.71. The molecule has 2 heterocycles. The molecule has 1 fully saturated rings. The van der Waals surface area contributed by atoms with E-state index in [0.29, 0.717) is 43.0 Å². The van der Waals surface area contributed by atoms with Gasteiger partial charge in [0, 0.05) is 24.6 Å². The summed E-state index contributed by atoms with van der Waals surface area (Å²) in [6.07, 6.45) is 3.26. The van der Waals surface area contributed by atoms with Crippen LogP contribution < -0.4 is 5.32 Å². The fourth-order valence-electron chi connectivity index (χ4n) is 3.96. The number of nitrogens with zero attached hydrogens (tertiary/aromatic N) is 1. The van der Waals surface area contributed by atoms with Crippen molar-refractivity contribution in [3.8, 4) is 0 Å². The molecular formula is C26H22N2O4. The Morgan fingerprint density at radius 1 is 0.875 bits per heavy atom. The molecule has 1 aromatic heterocycles. The first-order valence-corrected chi connectivity index (χ1v) is 10.6. The number of furan rings is 1. The Labute approximate surface area is 185 Å². The molecule has 0 atom stereocenters. The van der Waals surface area contributed by atoms with E-state index in [0.717, 1.165) is 16.3 Å². The number of hydrogen-bond donors (Lipinski definition) is 1. The van der Waals surface area contributed by atoms with Gasteiger partial charge in [-0.3, -0.25) is 9.59 Å². The average molecular weight is 426 g/mol. The maximum atomic E-state index is 13.1. The molecule has 160 valence electrons. The predicted molar refractivity (Wildman–Crippen MR) is 125 cm³/mol. The van der Waals surface area contributed by atoms with E-state index in [1.165, 1.54) is 6.08 Å². The minimum atomic E-state index is -0.333. The van der Waals surface area contributed by atoms with Crippen molar-refractivity contribution in [2.75, 3.05) is 31.6 Å². The number of benzene rings is 3. The average Bonchev–Trinajstić information content (AvgIpc) is 3.21. The second-order valence-electron chi connectivity index (χ2n) is 7.60. The van der Waals surface area contributed by atoms with Crippen molar-refractivity contribution in [1.29, 1.82) is 0 Å². The molecule has 0 bridgehead atoms. The molecule has 6 nitrogen and oxygen atoms in total. The van der Waals surface area contributed by atoms with Gasteiger partial charge in [-0.2, -0.15) is 0 Å². The molecule has 1 saturated heterocycles. The topological polar surface area (TPSA) is 71.8 Å². The lowest BCUT2D eigenvalue weighted by atomic mass is 10.0. The summed E-state index contributed by atoms with van der Waals surface area (Å²) in [6.45, 7) is 1.96. The van der Waals surface area contributed by atoms with E-state index in [9.17, 15) is 9.59 Å². The zero-order valence-corrected chi connectivity index (χ0v) is 17.4. The number of ether oxygens (including phenoxy) is 1. The van der Waals surface area contributed by atoms with Gasteiger partial charge in [-0.05, 0) is 34.5 Å². The van der Waals surface area contributed by atoms with E-state index >= 15 is 0 Å². The highest BCUT2D eigenvalue weighted by molar-refractivity contribution is 6.13. The molecule has 0 saturated carbocycles. The highest BCUT2D eigenvalue weighted by Gasteiger charge is 2.27. The van der Waals surface area contributed by atoms with E-state index < -0.39 is 0 Å². The summed E-state index contributed by atoms with van der Waals surface area (Å²) in [5.41, 5.74) is 1.89. The Balaban J connectivity index is 1.44. The number of nitrogens with one attached hydrogen (secondary N) is 1. The summed E-state index contributed by atoms with van der Waals surface area (Å²) in [5, 5.41) is 5.74. The summed E-state index contributed by atoms with van der Waals surface area (Å²) in [5.74, 6) is -0.446. The first kappa shape index (κ1) is 20.0. The number of carbonyl (C=O) groups excluding carboxylic acids is 2. The number of hydrogen-bond acceptors (Lipinski definition) is 4. The molecule has 5 rings (SSSR count). The number of anilines is 1. The maximum Gasteiger partial charge on any atom is 0.291 e. The Morgan fingerprint density at radius 2 is 1.59 bits per heavy atom. The molecule has 32 heavy (non-hydrogen) atoms. The summed E-state index contributed by atoms with van der Waals surface area (Å²) < 4.78 is 11.2. The van der Waals surface area contributed by atoms with Crippen LogP contribution in [-0.2, 0) is 9.53 Å². The number of morpholine rings is 1. The van der Waals surface area contributed by atoms with Crippen LogP contribution in [0.3, 0.4) is 0 Å². The lowest BCUT2D eigenvalue weighted by molar-refractivity contribution is -0.111. The molecule has 0 spiro atoms. The van der Waals surface area contributed by atoms with Crippen LogP contribution in [0, 0.1) is 0 Å². The van der Waals surface area contributed by atoms with Crippen LogP contribution in [0.15, 0.2) is 77.2 Å². The normalized spacial score (nSPS) is 14.3. The Kier molecular flexibility index (Phi) is 5.44. The second kappa shape index (κ2) is 8.69. The fraction of sp³-hybridized carbons (Fsp3) is 0.154. The van der Waals surface area contributed by atoms with Crippen LogP contribution in [0.25, 0.3) is 27.8 Å². The van der Waals surface area contributed by atoms with Crippen LogP contribution in [0.1, 0.15) is 16.1 Å². The number of amides is 2. The van der Waals surface area contributed by atoms with Gasteiger partial charge in [0.15, 0.2) is 0 Å². The Hall–Kier alpha value is -3.90. The number of carbonyl (C=O) groups is 2. The fourth-order valence-corrected chi connectivity index (χ4v) is 3.96. The van der Waals surface area contributed by atoms with Gasteiger partial charge in [-0.1, -0.05) is 54.6 Å². The van der Waals surface area contributed by atoms with Crippen molar-refractivity contribution in [2.45, 2.75) is 0 Å². The summed E-state index contributed by atoms with van der Waals surface area (Å²) in [7, 11) is 0. The van der Waals surface area contributed by atoms with Gasteiger partial charge in [0.05, 0.1) is 13.2 Å². The quantitative estimate of drug-likeness (QED) is 0.480. The lowest BCUT2D eigenvalue weighted by Crippen LogP contribution is -2.40. The molecule has 1 aliphatic heterocycles. The first-order valence-electron chi connectivity index (χ1n) is 10.6. The third kappa shape index (κ3) is 3.88. The maximum absolute atomic E-state index is 13.1. The van der Waals surface area contributed by atoms with E-state index in [1.54, 1.807) is 17.0 Å². The molecular weight excluding hydrogens is 404 g/mol. The van der Waals surface area contributed by atoms with Crippen LogP contribution in [0.5, 0.6) is 0 Å². The zero-order valence-electron chi connectivity index (χ0n) is 17.4. The molecule has 1 N–H and O–H groups in total. The molecule has 3 aromatic carbocycles. The molecule has 1 aliphatic rings. The van der Waals surface area contributed by atoms with E-state index in [2.05, 4.69) is 5.32 Å². The molecule has 4 aromatic rings. The third-order valence-electron chi connectivity index (χ3n) is 5.57. The van der Waals surface area contributed by atoms with Crippen LogP contribution >= 0.6 is 0 Å². The smallest absolute Gasteiger partial charge is 0.291 e. The van der Waals surface area contributed by atoms with Crippen molar-refractivity contribution in [2.24, 2.45) is 0 Å². The summed E-state index contributed by atoms with van der Waals surface area (Å²) in [6, 6.07) is 21.3. The van der Waals surface area contributed by atoms with E-state index in [4.69, 9.17) is 9.15 Å². The molecule has 2 amide bonds. The monoisotopic (exact) mass is 426 g/mol. The van der Waals surface area contributed by atoms with Gasteiger partial charge >= 0.3 is 0 Å². The number of rotatable bonds is 4. The van der Waals surface area contributed by atoms with Crippen molar-refractivity contribution < 1.29 is 18.7 Å².